The summed E-state index contributed by atoms with van der Waals surface area (Å²) in [4.78, 5) is 46.2. The van der Waals surface area contributed by atoms with Crippen molar-refractivity contribution >= 4 is 40.7 Å². The number of carbonyl (C=O) groups is 3. The van der Waals surface area contributed by atoms with Gasteiger partial charge in [-0.05, 0) is 31.5 Å². The van der Waals surface area contributed by atoms with E-state index in [2.05, 4.69) is 15.5 Å². The molecule has 14 heteroatoms. The van der Waals surface area contributed by atoms with Crippen LogP contribution in [0.25, 0.3) is 0 Å². The Hall–Kier alpha value is -4.39. The van der Waals surface area contributed by atoms with Crippen LogP contribution in [-0.2, 0) is 14.4 Å². The van der Waals surface area contributed by atoms with Crippen LogP contribution >= 0.6 is 11.6 Å². The molecular weight excluding hydrogens is 579 g/mol. The SMILES string of the molecule is Cc1nocc1C(C(N)=O)C(CCC(F)(F)F)C(=O)N[C@H]1N=C(c2cccc(Cl)c2)c2cccc3c2N(CCO3)C1=O. The Morgan fingerprint density at radius 3 is 2.67 bits per heavy atom. The fourth-order valence-electron chi connectivity index (χ4n) is 5.23. The molecule has 2 unspecified atom stereocenters. The van der Waals surface area contributed by atoms with Crippen LogP contribution in [-0.4, -0.2) is 54.1 Å². The predicted octanol–water partition coefficient (Wildman–Crippen LogP) is 3.88. The molecule has 220 valence electrons. The van der Waals surface area contributed by atoms with Crippen molar-refractivity contribution in [2.24, 2.45) is 16.6 Å². The standard InChI is InChI=1S/C28H25ClF3N5O5/c1-14-19(13-42-36-14)21(24(33)38)17(8-9-28(30,31)32)26(39)35-25-27(40)37-10-11-41-20-7-3-6-18(23(20)37)22(34-25)15-4-2-5-16(29)12-15/h2-7,12-13,17,21,25H,8-11H2,1H3,(H2,33,38)(H,35,39)/t17?,21?,25-/m1/s1. The molecule has 0 bridgehead atoms. The number of halogens is 4. The van der Waals surface area contributed by atoms with Crippen LogP contribution in [0.15, 0.2) is 58.2 Å². The lowest BCUT2D eigenvalue weighted by Gasteiger charge is -2.31. The summed E-state index contributed by atoms with van der Waals surface area (Å²) in [5, 5.41) is 6.57. The van der Waals surface area contributed by atoms with Crippen LogP contribution in [0.1, 0.15) is 41.1 Å². The quantitative estimate of drug-likeness (QED) is 0.400. The van der Waals surface area contributed by atoms with Gasteiger partial charge >= 0.3 is 6.18 Å². The summed E-state index contributed by atoms with van der Waals surface area (Å²) in [7, 11) is 0. The first-order valence-electron chi connectivity index (χ1n) is 12.9. The number of anilines is 1. The second-order valence-corrected chi connectivity index (χ2v) is 10.3. The fourth-order valence-corrected chi connectivity index (χ4v) is 5.42. The topological polar surface area (TPSA) is 140 Å². The van der Waals surface area contributed by atoms with Crippen molar-refractivity contribution in [1.29, 1.82) is 0 Å². The molecule has 42 heavy (non-hydrogen) atoms. The third kappa shape index (κ3) is 5.82. The predicted molar refractivity (Wildman–Crippen MR) is 145 cm³/mol. The highest BCUT2D eigenvalue weighted by Gasteiger charge is 2.42. The minimum Gasteiger partial charge on any atom is -0.490 e. The lowest BCUT2D eigenvalue weighted by Crippen LogP contribution is -2.51. The van der Waals surface area contributed by atoms with Crippen molar-refractivity contribution in [3.63, 3.8) is 0 Å². The number of benzene rings is 2. The van der Waals surface area contributed by atoms with Gasteiger partial charge < -0.3 is 25.2 Å². The molecule has 0 saturated carbocycles. The van der Waals surface area contributed by atoms with Crippen LogP contribution < -0.4 is 20.7 Å². The van der Waals surface area contributed by atoms with E-state index in [1.807, 2.05) is 0 Å². The van der Waals surface area contributed by atoms with E-state index in [0.29, 0.717) is 33.3 Å². The van der Waals surface area contributed by atoms with Crippen LogP contribution in [0, 0.1) is 12.8 Å². The minimum atomic E-state index is -4.63. The van der Waals surface area contributed by atoms with Gasteiger partial charge in [-0.2, -0.15) is 13.2 Å². The average molecular weight is 604 g/mol. The minimum absolute atomic E-state index is 0.0744. The van der Waals surface area contributed by atoms with E-state index >= 15 is 0 Å². The van der Waals surface area contributed by atoms with Crippen LogP contribution in [0.4, 0.5) is 18.9 Å². The lowest BCUT2D eigenvalue weighted by atomic mass is 9.82. The molecule has 0 saturated heterocycles. The number of nitrogens with one attached hydrogen (secondary N) is 1. The van der Waals surface area contributed by atoms with Gasteiger partial charge in [0.25, 0.3) is 5.91 Å². The van der Waals surface area contributed by atoms with E-state index in [1.54, 1.807) is 42.5 Å². The molecule has 1 aromatic heterocycles. The first-order chi connectivity index (χ1) is 19.9. The van der Waals surface area contributed by atoms with Gasteiger partial charge in [-0.3, -0.25) is 14.4 Å². The Balaban J connectivity index is 1.58. The summed E-state index contributed by atoms with van der Waals surface area (Å²) in [6.45, 7) is 1.77. The van der Waals surface area contributed by atoms with E-state index in [0.717, 1.165) is 6.26 Å². The number of hydrogen-bond donors (Lipinski definition) is 2. The lowest BCUT2D eigenvalue weighted by molar-refractivity contribution is -0.144. The van der Waals surface area contributed by atoms with Crippen molar-refractivity contribution < 1.29 is 36.8 Å². The maximum Gasteiger partial charge on any atom is 0.389 e. The number of alkyl halides is 3. The van der Waals surface area contributed by atoms with Crippen molar-refractivity contribution in [2.75, 3.05) is 18.1 Å². The number of aryl methyl sites for hydroxylation is 1. The summed E-state index contributed by atoms with van der Waals surface area (Å²) >= 11 is 6.24. The highest BCUT2D eigenvalue weighted by atomic mass is 35.5. The molecule has 3 heterocycles. The number of hydrogen-bond acceptors (Lipinski definition) is 7. The van der Waals surface area contributed by atoms with Crippen molar-refractivity contribution in [2.45, 2.75) is 38.0 Å². The molecule has 0 spiro atoms. The van der Waals surface area contributed by atoms with E-state index in [-0.39, 0.29) is 24.4 Å². The zero-order valence-corrected chi connectivity index (χ0v) is 22.9. The second-order valence-electron chi connectivity index (χ2n) is 9.89. The number of nitrogens with two attached hydrogens (primary N) is 1. The van der Waals surface area contributed by atoms with E-state index in [4.69, 9.17) is 26.6 Å². The maximum atomic E-state index is 13.9. The van der Waals surface area contributed by atoms with Crippen molar-refractivity contribution in [1.82, 2.24) is 10.5 Å². The van der Waals surface area contributed by atoms with Gasteiger partial charge in [-0.25, -0.2) is 4.99 Å². The first kappa shape index (κ1) is 29.1. The Bertz CT molecular complexity index is 1570. The summed E-state index contributed by atoms with van der Waals surface area (Å²) in [6.07, 6.45) is -7.30. The van der Waals surface area contributed by atoms with Crippen molar-refractivity contribution in [3.05, 3.63) is 76.1 Å². The van der Waals surface area contributed by atoms with Gasteiger partial charge in [0.15, 0.2) is 0 Å². The smallest absolute Gasteiger partial charge is 0.389 e. The van der Waals surface area contributed by atoms with Crippen LogP contribution in [0.3, 0.4) is 0 Å². The zero-order valence-electron chi connectivity index (χ0n) is 22.2. The second kappa shape index (κ2) is 11.5. The number of nitrogens with zero attached hydrogens (tertiary/aromatic N) is 3. The van der Waals surface area contributed by atoms with E-state index < -0.39 is 54.7 Å². The highest BCUT2D eigenvalue weighted by molar-refractivity contribution is 6.31. The van der Waals surface area contributed by atoms with Gasteiger partial charge in [0.2, 0.25) is 18.0 Å². The highest BCUT2D eigenvalue weighted by Crippen LogP contribution is 2.39. The number of aromatic nitrogens is 1. The van der Waals surface area contributed by atoms with Gasteiger partial charge in [0.05, 0.1) is 35.5 Å². The number of carbonyl (C=O) groups excluding carboxylic acids is 3. The normalized spacial score (nSPS) is 17.8. The van der Waals surface area contributed by atoms with Crippen LogP contribution in [0.5, 0.6) is 5.75 Å². The molecule has 3 atom stereocenters. The van der Waals surface area contributed by atoms with E-state index in [1.165, 1.54) is 11.8 Å². The Morgan fingerprint density at radius 2 is 2.00 bits per heavy atom. The van der Waals surface area contributed by atoms with Gasteiger partial charge in [0.1, 0.15) is 18.6 Å². The number of ether oxygens (including phenoxy) is 1. The fraction of sp³-hybridized carbons (Fsp3) is 0.321. The molecule has 2 aliphatic rings. The summed E-state index contributed by atoms with van der Waals surface area (Å²) in [5.41, 5.74) is 7.66. The van der Waals surface area contributed by atoms with Gasteiger partial charge in [-0.1, -0.05) is 41.0 Å². The molecular formula is C28H25ClF3N5O5. The molecule has 3 amide bonds. The molecule has 10 nitrogen and oxygen atoms in total. The zero-order chi connectivity index (χ0) is 30.2. The summed E-state index contributed by atoms with van der Waals surface area (Å²) < 4.78 is 50.6. The van der Waals surface area contributed by atoms with Gasteiger partial charge in [-0.15, -0.1) is 0 Å². The van der Waals surface area contributed by atoms with Gasteiger partial charge in [0, 0.05) is 28.1 Å². The molecule has 0 fully saturated rings. The van der Waals surface area contributed by atoms with E-state index in [9.17, 15) is 27.6 Å². The Labute approximate surface area is 242 Å². The first-order valence-corrected chi connectivity index (χ1v) is 13.3. The summed E-state index contributed by atoms with van der Waals surface area (Å²) in [5.74, 6) is -5.41. The average Bonchev–Trinajstić information content (AvgIpc) is 3.31. The number of primary amides is 1. The third-order valence-electron chi connectivity index (χ3n) is 7.14. The molecule has 0 radical (unpaired) electrons. The molecule has 2 aliphatic heterocycles. The van der Waals surface area contributed by atoms with Crippen molar-refractivity contribution in [3.8, 4) is 5.75 Å². The Kier molecular flexibility index (Phi) is 7.95. The number of aliphatic imine (C=N–C) groups is 1. The molecule has 2 aromatic carbocycles. The summed E-state index contributed by atoms with van der Waals surface area (Å²) in [6, 6.07) is 11.9. The van der Waals surface area contributed by atoms with Crippen LogP contribution in [0.2, 0.25) is 5.02 Å². The third-order valence-corrected chi connectivity index (χ3v) is 7.37. The monoisotopic (exact) mass is 603 g/mol. The number of amides is 3. The largest absolute Gasteiger partial charge is 0.490 e. The Morgan fingerprint density at radius 1 is 1.24 bits per heavy atom. The number of rotatable bonds is 8. The maximum absolute atomic E-state index is 13.9. The molecule has 3 aromatic rings. The number of para-hydroxylation sites is 1. The molecule has 3 N–H and O–H groups in total. The molecule has 5 rings (SSSR count). The molecule has 0 aliphatic carbocycles.